The Morgan fingerprint density at radius 2 is 1.65 bits per heavy atom. The summed E-state index contributed by atoms with van der Waals surface area (Å²) in [6.45, 7) is 2.17. The molecule has 0 aliphatic heterocycles. The van der Waals surface area contributed by atoms with Gasteiger partial charge in [-0.2, -0.15) is 0 Å². The molecule has 0 atom stereocenters. The fraction of sp³-hybridized carbons (Fsp3) is 0.333. The van der Waals surface area contributed by atoms with Crippen molar-refractivity contribution in [2.75, 3.05) is 0 Å². The van der Waals surface area contributed by atoms with E-state index in [1.54, 1.807) is 6.07 Å². The summed E-state index contributed by atoms with van der Waals surface area (Å²) in [5.74, 6) is 0. The molecule has 102 valence electrons. The molecule has 2 aromatic rings. The van der Waals surface area contributed by atoms with Crippen molar-refractivity contribution in [1.82, 2.24) is 0 Å². The van der Waals surface area contributed by atoms with Crippen molar-refractivity contribution in [3.8, 4) is 0 Å². The maximum Gasteiger partial charge on any atom is 1.00 e. The van der Waals surface area contributed by atoms with Crippen LogP contribution in [0.25, 0.3) is 10.8 Å². The van der Waals surface area contributed by atoms with Gasteiger partial charge in [-0.15, -0.1) is 0 Å². The fourth-order valence-corrected chi connectivity index (χ4v) is 2.67. The molecule has 0 amide bonds. The van der Waals surface area contributed by atoms with Crippen LogP contribution in [0.1, 0.15) is 31.7 Å². The third kappa shape index (κ3) is 4.57. The Kier molecular flexibility index (Phi) is 6.69. The van der Waals surface area contributed by atoms with Gasteiger partial charge in [-0.05, 0) is 41.3 Å². The monoisotopic (exact) mass is 300 g/mol. The minimum atomic E-state index is -4.37. The molecule has 0 aromatic heterocycles. The van der Waals surface area contributed by atoms with Crippen LogP contribution in [0.4, 0.5) is 0 Å². The quantitative estimate of drug-likeness (QED) is 0.458. The summed E-state index contributed by atoms with van der Waals surface area (Å²) in [6, 6.07) is 10.5. The Labute approximate surface area is 142 Å². The summed E-state index contributed by atoms with van der Waals surface area (Å²) in [5, 5.41) is 1.76. The molecular weight excluding hydrogens is 283 g/mol. The predicted molar refractivity (Wildman–Crippen MR) is 75.1 cm³/mol. The van der Waals surface area contributed by atoms with E-state index in [9.17, 15) is 13.0 Å². The molecule has 0 saturated heterocycles. The molecule has 0 radical (unpaired) electrons. The second-order valence-corrected chi connectivity index (χ2v) is 6.13. The number of unbranched alkanes of at least 4 members (excludes halogenated alkanes) is 2. The van der Waals surface area contributed by atoms with E-state index in [0.717, 1.165) is 23.6 Å². The molecule has 2 rings (SSSR count). The summed E-state index contributed by atoms with van der Waals surface area (Å²) < 4.78 is 32.9. The molecule has 0 bridgehead atoms. The number of benzene rings is 2. The first-order chi connectivity index (χ1) is 9.00. The van der Waals surface area contributed by atoms with Gasteiger partial charge in [0.1, 0.15) is 10.1 Å². The maximum atomic E-state index is 11.0. The minimum Gasteiger partial charge on any atom is -0.744 e. The van der Waals surface area contributed by atoms with E-state index in [-0.39, 0.29) is 34.5 Å². The molecule has 5 heteroatoms. The average Bonchev–Trinajstić information content (AvgIpc) is 2.37. The number of rotatable bonds is 5. The summed E-state index contributed by atoms with van der Waals surface area (Å²) in [4.78, 5) is -0.168. The van der Waals surface area contributed by atoms with Crippen molar-refractivity contribution < 1.29 is 42.5 Å². The summed E-state index contributed by atoms with van der Waals surface area (Å²) in [5.41, 5.74) is 1.25. The van der Waals surface area contributed by atoms with Crippen molar-refractivity contribution >= 4 is 20.9 Å². The summed E-state index contributed by atoms with van der Waals surface area (Å²) in [6.07, 6.45) is 4.60. The van der Waals surface area contributed by atoms with Crippen LogP contribution in [0.5, 0.6) is 0 Å². The zero-order valence-electron chi connectivity index (χ0n) is 11.9. The first kappa shape index (κ1) is 17.7. The van der Waals surface area contributed by atoms with E-state index >= 15 is 0 Å². The molecule has 3 nitrogen and oxygen atoms in total. The molecule has 0 fully saturated rings. The van der Waals surface area contributed by atoms with Crippen LogP contribution < -0.4 is 29.6 Å². The molecule has 20 heavy (non-hydrogen) atoms. The SMILES string of the molecule is CCCCCc1ccc2cc(S(=O)(=O)[O-])ccc2c1.[Na+]. The minimum absolute atomic E-state index is 0. The van der Waals surface area contributed by atoms with Gasteiger partial charge >= 0.3 is 29.6 Å². The van der Waals surface area contributed by atoms with Crippen molar-refractivity contribution in [2.24, 2.45) is 0 Å². The van der Waals surface area contributed by atoms with Gasteiger partial charge in [0.25, 0.3) is 0 Å². The number of aryl methyl sites for hydroxylation is 1. The van der Waals surface area contributed by atoms with Gasteiger partial charge in [-0.1, -0.05) is 44.0 Å². The first-order valence-electron chi connectivity index (χ1n) is 6.49. The molecule has 0 heterocycles. The average molecular weight is 300 g/mol. The molecule has 0 unspecified atom stereocenters. The molecule has 0 saturated carbocycles. The molecular formula is C15H17NaO3S. The smallest absolute Gasteiger partial charge is 0.744 e. The Morgan fingerprint density at radius 3 is 2.30 bits per heavy atom. The first-order valence-corrected chi connectivity index (χ1v) is 7.90. The van der Waals surface area contributed by atoms with E-state index in [0.29, 0.717) is 0 Å². The number of fused-ring (bicyclic) bond motifs is 1. The fourth-order valence-electron chi connectivity index (χ4n) is 2.16. The topological polar surface area (TPSA) is 57.2 Å². The van der Waals surface area contributed by atoms with Crippen molar-refractivity contribution in [3.63, 3.8) is 0 Å². The van der Waals surface area contributed by atoms with E-state index in [2.05, 4.69) is 13.0 Å². The summed E-state index contributed by atoms with van der Waals surface area (Å²) in [7, 11) is -4.37. The summed E-state index contributed by atoms with van der Waals surface area (Å²) >= 11 is 0. The van der Waals surface area contributed by atoms with Gasteiger partial charge in [0.15, 0.2) is 0 Å². The van der Waals surface area contributed by atoms with Crippen LogP contribution in [0.3, 0.4) is 0 Å². The molecule has 0 spiro atoms. The van der Waals surface area contributed by atoms with Crippen molar-refractivity contribution in [2.45, 2.75) is 37.5 Å². The van der Waals surface area contributed by atoms with Crippen LogP contribution in [-0.4, -0.2) is 13.0 Å². The normalized spacial score (nSPS) is 11.3. The third-order valence-corrected chi connectivity index (χ3v) is 4.07. The molecule has 0 aliphatic carbocycles. The zero-order valence-corrected chi connectivity index (χ0v) is 14.7. The van der Waals surface area contributed by atoms with Gasteiger partial charge in [0.2, 0.25) is 0 Å². The maximum absolute atomic E-state index is 11.0. The predicted octanol–water partition coefficient (Wildman–Crippen LogP) is 0.481. The van der Waals surface area contributed by atoms with Crippen molar-refractivity contribution in [1.29, 1.82) is 0 Å². The number of hydrogen-bond donors (Lipinski definition) is 0. The van der Waals surface area contributed by atoms with E-state index < -0.39 is 10.1 Å². The molecule has 0 N–H and O–H groups in total. The number of hydrogen-bond acceptors (Lipinski definition) is 3. The van der Waals surface area contributed by atoms with Crippen LogP contribution in [0.2, 0.25) is 0 Å². The zero-order chi connectivity index (χ0) is 13.9. The van der Waals surface area contributed by atoms with Crippen LogP contribution >= 0.6 is 0 Å². The van der Waals surface area contributed by atoms with Gasteiger partial charge in [-0.25, -0.2) is 8.42 Å². The Hall–Kier alpha value is -0.390. The Balaban J connectivity index is 0.00000200. The second kappa shape index (κ2) is 7.57. The van der Waals surface area contributed by atoms with E-state index in [1.807, 2.05) is 12.1 Å². The largest absolute Gasteiger partial charge is 1.00 e. The van der Waals surface area contributed by atoms with Gasteiger partial charge in [0.05, 0.1) is 4.90 Å². The molecule has 2 aromatic carbocycles. The van der Waals surface area contributed by atoms with Gasteiger partial charge in [0, 0.05) is 0 Å². The van der Waals surface area contributed by atoms with E-state index in [4.69, 9.17) is 0 Å². The Bertz CT molecular complexity index is 681. The third-order valence-electron chi connectivity index (χ3n) is 3.23. The van der Waals surface area contributed by atoms with Gasteiger partial charge in [-0.3, -0.25) is 0 Å². The Morgan fingerprint density at radius 1 is 1.00 bits per heavy atom. The van der Waals surface area contributed by atoms with Crippen LogP contribution in [-0.2, 0) is 16.5 Å². The van der Waals surface area contributed by atoms with Crippen LogP contribution in [0, 0.1) is 0 Å². The van der Waals surface area contributed by atoms with E-state index in [1.165, 1.54) is 30.5 Å². The standard InChI is InChI=1S/C15H18O3S.Na/c1-2-3-4-5-12-6-7-14-11-15(19(16,17)18)9-8-13(14)10-12;/h6-11H,2-5H2,1H3,(H,16,17,18);/q;+1/p-1. The second-order valence-electron chi connectivity index (χ2n) is 4.75. The molecule has 0 aliphatic rings. The van der Waals surface area contributed by atoms with Gasteiger partial charge < -0.3 is 4.55 Å². The van der Waals surface area contributed by atoms with Crippen molar-refractivity contribution in [3.05, 3.63) is 42.0 Å². The van der Waals surface area contributed by atoms with Crippen LogP contribution in [0.15, 0.2) is 41.3 Å².